The SMILES string of the molecule is Cc1cc(N)nc(N2N=C(c3cccs3)CC2(O)C(F)(F)F)n1. The summed E-state index contributed by atoms with van der Waals surface area (Å²) in [6.45, 7) is 1.56. The standard InChI is InChI=1S/C13H12F3N5OS/c1-7-5-10(17)19-11(18-7)21-12(22,13(14,15)16)6-8(20-21)9-3-2-4-23-9/h2-5,22H,6H2,1H3,(H2,17,18,19). The number of anilines is 2. The molecule has 122 valence electrons. The molecule has 1 aliphatic heterocycles. The summed E-state index contributed by atoms with van der Waals surface area (Å²) < 4.78 is 40.3. The van der Waals surface area contributed by atoms with E-state index in [2.05, 4.69) is 15.1 Å². The lowest BCUT2D eigenvalue weighted by molar-refractivity contribution is -0.254. The van der Waals surface area contributed by atoms with E-state index in [0.717, 1.165) is 0 Å². The summed E-state index contributed by atoms with van der Waals surface area (Å²) in [7, 11) is 0. The molecule has 1 atom stereocenters. The normalized spacial score (nSPS) is 21.6. The van der Waals surface area contributed by atoms with E-state index in [1.807, 2.05) is 0 Å². The van der Waals surface area contributed by atoms with Gasteiger partial charge in [-0.2, -0.15) is 28.3 Å². The first-order chi connectivity index (χ1) is 10.7. The van der Waals surface area contributed by atoms with Crippen molar-refractivity contribution < 1.29 is 18.3 Å². The van der Waals surface area contributed by atoms with Crippen LogP contribution in [0.15, 0.2) is 28.7 Å². The van der Waals surface area contributed by atoms with Crippen LogP contribution in [0, 0.1) is 6.92 Å². The topological polar surface area (TPSA) is 87.6 Å². The maximum atomic E-state index is 13.4. The van der Waals surface area contributed by atoms with Crippen molar-refractivity contribution in [3.8, 4) is 0 Å². The van der Waals surface area contributed by atoms with Crippen LogP contribution in [-0.2, 0) is 0 Å². The van der Waals surface area contributed by atoms with Crippen LogP contribution in [0.3, 0.4) is 0 Å². The number of alkyl halides is 3. The van der Waals surface area contributed by atoms with Gasteiger partial charge in [0.25, 0.3) is 11.7 Å². The molecule has 3 heterocycles. The molecule has 0 aliphatic carbocycles. The van der Waals surface area contributed by atoms with Gasteiger partial charge in [0.05, 0.1) is 17.0 Å². The Balaban J connectivity index is 2.12. The van der Waals surface area contributed by atoms with Gasteiger partial charge in [-0.1, -0.05) is 6.07 Å². The molecule has 0 bridgehead atoms. The van der Waals surface area contributed by atoms with Crippen LogP contribution in [0.5, 0.6) is 0 Å². The molecule has 0 aromatic carbocycles. The van der Waals surface area contributed by atoms with Gasteiger partial charge in [-0.25, -0.2) is 4.98 Å². The van der Waals surface area contributed by atoms with Gasteiger partial charge in [0.15, 0.2) is 0 Å². The molecule has 6 nitrogen and oxygen atoms in total. The number of nitrogens with two attached hydrogens (primary N) is 1. The first kappa shape index (κ1) is 15.7. The van der Waals surface area contributed by atoms with E-state index in [9.17, 15) is 18.3 Å². The number of nitrogen functional groups attached to an aromatic ring is 1. The summed E-state index contributed by atoms with van der Waals surface area (Å²) >= 11 is 1.23. The van der Waals surface area contributed by atoms with Gasteiger partial charge in [0.1, 0.15) is 5.82 Å². The number of nitrogens with zero attached hydrogens (tertiary/aromatic N) is 4. The maximum absolute atomic E-state index is 13.4. The zero-order valence-corrected chi connectivity index (χ0v) is 12.7. The maximum Gasteiger partial charge on any atom is 0.438 e. The minimum absolute atomic E-state index is 0.00296. The van der Waals surface area contributed by atoms with Gasteiger partial charge in [-0.05, 0) is 18.4 Å². The molecule has 0 amide bonds. The van der Waals surface area contributed by atoms with E-state index in [4.69, 9.17) is 5.73 Å². The zero-order chi connectivity index (χ0) is 16.8. The predicted molar refractivity (Wildman–Crippen MR) is 80.1 cm³/mol. The summed E-state index contributed by atoms with van der Waals surface area (Å²) in [6, 6.07) is 4.74. The fourth-order valence-corrected chi connectivity index (χ4v) is 2.94. The second-order valence-corrected chi connectivity index (χ2v) is 6.01. The van der Waals surface area contributed by atoms with E-state index in [1.165, 1.54) is 17.4 Å². The second-order valence-electron chi connectivity index (χ2n) is 5.06. The molecule has 23 heavy (non-hydrogen) atoms. The third kappa shape index (κ3) is 2.63. The molecule has 0 fully saturated rings. The summed E-state index contributed by atoms with van der Waals surface area (Å²) in [5.74, 6) is -0.398. The Labute approximate surface area is 133 Å². The van der Waals surface area contributed by atoms with Crippen LogP contribution in [0.1, 0.15) is 17.0 Å². The van der Waals surface area contributed by atoms with Crippen molar-refractivity contribution in [2.24, 2.45) is 5.10 Å². The van der Waals surface area contributed by atoms with Gasteiger partial charge >= 0.3 is 6.18 Å². The Morgan fingerprint density at radius 2 is 2.13 bits per heavy atom. The predicted octanol–water partition coefficient (Wildman–Crippen LogP) is 2.29. The average Bonchev–Trinajstić information content (AvgIpc) is 3.04. The molecular weight excluding hydrogens is 331 g/mol. The van der Waals surface area contributed by atoms with Gasteiger partial charge in [-0.15, -0.1) is 11.3 Å². The summed E-state index contributed by atoms with van der Waals surface area (Å²) in [5.41, 5.74) is 2.84. The number of aliphatic hydroxyl groups is 1. The van der Waals surface area contributed by atoms with Crippen molar-refractivity contribution in [1.82, 2.24) is 9.97 Å². The highest BCUT2D eigenvalue weighted by Crippen LogP contribution is 2.43. The van der Waals surface area contributed by atoms with Crippen LogP contribution in [0.4, 0.5) is 24.9 Å². The van der Waals surface area contributed by atoms with Gasteiger partial charge in [-0.3, -0.25) is 0 Å². The molecule has 3 rings (SSSR count). The largest absolute Gasteiger partial charge is 0.438 e. The van der Waals surface area contributed by atoms with Crippen molar-refractivity contribution in [1.29, 1.82) is 0 Å². The fourth-order valence-electron chi connectivity index (χ4n) is 2.23. The third-order valence-corrected chi connectivity index (χ3v) is 4.22. The Morgan fingerprint density at radius 1 is 1.39 bits per heavy atom. The molecule has 1 unspecified atom stereocenters. The summed E-state index contributed by atoms with van der Waals surface area (Å²) in [4.78, 5) is 8.22. The van der Waals surface area contributed by atoms with Gasteiger partial charge in [0, 0.05) is 11.8 Å². The van der Waals surface area contributed by atoms with E-state index in [1.54, 1.807) is 24.4 Å². The molecule has 0 spiro atoms. The van der Waals surface area contributed by atoms with E-state index in [0.29, 0.717) is 15.6 Å². The molecule has 0 radical (unpaired) electrons. The average molecular weight is 343 g/mol. The van der Waals surface area contributed by atoms with Gasteiger partial charge in [0.2, 0.25) is 0 Å². The highest BCUT2D eigenvalue weighted by molar-refractivity contribution is 7.12. The minimum atomic E-state index is -4.95. The van der Waals surface area contributed by atoms with Crippen LogP contribution < -0.4 is 10.7 Å². The zero-order valence-electron chi connectivity index (χ0n) is 11.9. The molecule has 2 aromatic heterocycles. The Hall–Kier alpha value is -2.20. The Bertz CT molecular complexity index is 741. The number of rotatable bonds is 2. The van der Waals surface area contributed by atoms with Crippen LogP contribution in [0.25, 0.3) is 0 Å². The number of hydrazone groups is 1. The lowest BCUT2D eigenvalue weighted by atomic mass is 10.1. The molecule has 0 saturated carbocycles. The van der Waals surface area contributed by atoms with E-state index < -0.39 is 24.3 Å². The summed E-state index contributed by atoms with van der Waals surface area (Å²) in [6.07, 6.45) is -5.66. The van der Waals surface area contributed by atoms with Crippen molar-refractivity contribution in [2.75, 3.05) is 10.7 Å². The Morgan fingerprint density at radius 3 is 2.70 bits per heavy atom. The smallest absolute Gasteiger partial charge is 0.384 e. The second kappa shape index (κ2) is 5.17. The first-order valence-corrected chi connectivity index (χ1v) is 7.40. The molecule has 0 saturated heterocycles. The number of halogens is 3. The van der Waals surface area contributed by atoms with E-state index in [-0.39, 0.29) is 11.5 Å². The molecule has 1 aliphatic rings. The van der Waals surface area contributed by atoms with Gasteiger partial charge < -0.3 is 10.8 Å². The summed E-state index contributed by atoms with van der Waals surface area (Å²) in [5, 5.41) is 16.3. The number of aryl methyl sites for hydroxylation is 1. The lowest BCUT2D eigenvalue weighted by Crippen LogP contribution is -2.55. The van der Waals surface area contributed by atoms with Crippen molar-refractivity contribution >= 4 is 28.8 Å². The highest BCUT2D eigenvalue weighted by Gasteiger charge is 2.62. The number of hydrogen-bond acceptors (Lipinski definition) is 7. The first-order valence-electron chi connectivity index (χ1n) is 6.52. The molecular formula is C13H12F3N5OS. The van der Waals surface area contributed by atoms with Crippen LogP contribution in [-0.4, -0.2) is 32.7 Å². The number of hydrogen-bond donors (Lipinski definition) is 2. The Kier molecular flexibility index (Phi) is 3.52. The lowest BCUT2D eigenvalue weighted by Gasteiger charge is -2.32. The number of thiophene rings is 1. The van der Waals surface area contributed by atoms with E-state index >= 15 is 0 Å². The van der Waals surface area contributed by atoms with Crippen LogP contribution in [0.2, 0.25) is 0 Å². The molecule has 3 N–H and O–H groups in total. The number of aromatic nitrogens is 2. The van der Waals surface area contributed by atoms with Crippen LogP contribution >= 0.6 is 11.3 Å². The quantitative estimate of drug-likeness (QED) is 0.874. The fraction of sp³-hybridized carbons (Fsp3) is 0.308. The third-order valence-electron chi connectivity index (χ3n) is 3.30. The molecule has 10 heteroatoms. The van der Waals surface area contributed by atoms with Crippen molar-refractivity contribution in [2.45, 2.75) is 25.2 Å². The monoisotopic (exact) mass is 343 g/mol. The van der Waals surface area contributed by atoms with Crippen molar-refractivity contribution in [3.05, 3.63) is 34.2 Å². The highest BCUT2D eigenvalue weighted by atomic mass is 32.1. The van der Waals surface area contributed by atoms with Crippen molar-refractivity contribution in [3.63, 3.8) is 0 Å². The minimum Gasteiger partial charge on any atom is -0.384 e. The molecule has 2 aromatic rings.